The van der Waals surface area contributed by atoms with Gasteiger partial charge in [-0.25, -0.2) is 4.98 Å². The molecule has 2 fully saturated rings. The Morgan fingerprint density at radius 1 is 1.33 bits per heavy atom. The number of hydrogen-bond acceptors (Lipinski definition) is 6. The second-order valence-electron chi connectivity index (χ2n) is 7.22. The van der Waals surface area contributed by atoms with E-state index >= 15 is 0 Å². The molecule has 1 spiro atoms. The number of hydrogen-bond donors (Lipinski definition) is 0. The van der Waals surface area contributed by atoms with Gasteiger partial charge in [-0.1, -0.05) is 13.8 Å². The molecule has 6 heteroatoms. The number of rotatable bonds is 3. The Kier molecular flexibility index (Phi) is 3.52. The van der Waals surface area contributed by atoms with E-state index in [4.69, 9.17) is 4.42 Å². The fourth-order valence-electron chi connectivity index (χ4n) is 3.80. The number of piperidine rings is 1. The summed E-state index contributed by atoms with van der Waals surface area (Å²) in [6.07, 6.45) is 5.00. The molecule has 0 bridgehead atoms. The molecule has 1 saturated heterocycles. The molecule has 1 aliphatic carbocycles. The number of aromatic nitrogens is 3. The van der Waals surface area contributed by atoms with Crippen molar-refractivity contribution in [1.82, 2.24) is 15.2 Å². The Morgan fingerprint density at radius 2 is 2.12 bits per heavy atom. The van der Waals surface area contributed by atoms with Crippen molar-refractivity contribution in [3.63, 3.8) is 0 Å². The third-order valence-corrected chi connectivity index (χ3v) is 5.43. The van der Waals surface area contributed by atoms with E-state index < -0.39 is 0 Å². The predicted molar refractivity (Wildman–Crippen MR) is 88.6 cm³/mol. The van der Waals surface area contributed by atoms with Crippen LogP contribution in [0, 0.1) is 16.7 Å². The smallest absolute Gasteiger partial charge is 0.220 e. The van der Waals surface area contributed by atoms with Crippen LogP contribution in [0.1, 0.15) is 62.4 Å². The lowest BCUT2D eigenvalue weighted by Gasteiger charge is -2.34. The van der Waals surface area contributed by atoms with E-state index in [9.17, 15) is 5.26 Å². The summed E-state index contributed by atoms with van der Waals surface area (Å²) < 4.78 is 5.86. The van der Waals surface area contributed by atoms with Gasteiger partial charge in [-0.15, -0.1) is 10.2 Å². The highest BCUT2D eigenvalue weighted by atomic mass is 16.4. The molecule has 6 nitrogen and oxygen atoms in total. The largest absolute Gasteiger partial charge is 0.425 e. The van der Waals surface area contributed by atoms with Crippen LogP contribution in [0.25, 0.3) is 0 Å². The SMILES string of the molecule is CC(C)c1nnc(C2CC23CCN(c2cccnc2C#N)CC3)o1. The van der Waals surface area contributed by atoms with Crippen molar-refractivity contribution in [2.75, 3.05) is 18.0 Å². The Bertz CT molecular complexity index is 783. The van der Waals surface area contributed by atoms with Crippen molar-refractivity contribution in [3.05, 3.63) is 35.8 Å². The van der Waals surface area contributed by atoms with E-state index in [-0.39, 0.29) is 5.92 Å². The van der Waals surface area contributed by atoms with E-state index in [0.717, 1.165) is 49.8 Å². The van der Waals surface area contributed by atoms with Crippen LogP contribution in [0.15, 0.2) is 22.7 Å². The van der Waals surface area contributed by atoms with Gasteiger partial charge in [-0.05, 0) is 36.8 Å². The average Bonchev–Trinajstić information content (AvgIpc) is 3.08. The molecular weight excluding hydrogens is 302 g/mol. The van der Waals surface area contributed by atoms with Gasteiger partial charge < -0.3 is 9.32 Å². The summed E-state index contributed by atoms with van der Waals surface area (Å²) >= 11 is 0. The van der Waals surface area contributed by atoms with Gasteiger partial charge in [0.25, 0.3) is 0 Å². The fraction of sp³-hybridized carbons (Fsp3) is 0.556. The van der Waals surface area contributed by atoms with Crippen LogP contribution in [-0.4, -0.2) is 28.3 Å². The van der Waals surface area contributed by atoms with Crippen LogP contribution in [0.3, 0.4) is 0 Å². The van der Waals surface area contributed by atoms with E-state index in [1.54, 1.807) is 6.20 Å². The monoisotopic (exact) mass is 323 g/mol. The van der Waals surface area contributed by atoms with Crippen molar-refractivity contribution in [1.29, 1.82) is 5.26 Å². The minimum atomic E-state index is 0.276. The third kappa shape index (κ3) is 2.44. The molecule has 4 rings (SSSR count). The molecule has 1 aliphatic heterocycles. The number of anilines is 1. The minimum Gasteiger partial charge on any atom is -0.425 e. The fourth-order valence-corrected chi connectivity index (χ4v) is 3.80. The van der Waals surface area contributed by atoms with Gasteiger partial charge in [0.05, 0.1) is 5.69 Å². The zero-order valence-electron chi connectivity index (χ0n) is 14.1. The predicted octanol–water partition coefficient (Wildman–Crippen LogP) is 3.23. The average molecular weight is 323 g/mol. The molecule has 1 unspecified atom stereocenters. The lowest BCUT2D eigenvalue weighted by molar-refractivity contribution is 0.345. The van der Waals surface area contributed by atoms with Crippen LogP contribution in [0.4, 0.5) is 5.69 Å². The molecule has 2 aromatic rings. The Hall–Kier alpha value is -2.42. The minimum absolute atomic E-state index is 0.276. The first-order valence-corrected chi connectivity index (χ1v) is 8.56. The number of nitrogens with zero attached hydrogens (tertiary/aromatic N) is 5. The summed E-state index contributed by atoms with van der Waals surface area (Å²) in [7, 11) is 0. The maximum absolute atomic E-state index is 9.24. The molecule has 124 valence electrons. The van der Waals surface area contributed by atoms with Gasteiger partial charge >= 0.3 is 0 Å². The standard InChI is InChI=1S/C18H21N5O/c1-12(2)16-21-22-17(24-16)13-10-18(13)5-8-23(9-6-18)15-4-3-7-20-14(15)11-19/h3-4,7,12-13H,5-6,8-10H2,1-2H3. The number of pyridine rings is 1. The van der Waals surface area contributed by atoms with Gasteiger partial charge in [0.15, 0.2) is 5.69 Å². The Labute approximate surface area is 141 Å². The highest BCUT2D eigenvalue weighted by molar-refractivity contribution is 5.56. The highest BCUT2D eigenvalue weighted by Crippen LogP contribution is 2.64. The molecule has 2 aromatic heterocycles. The summed E-state index contributed by atoms with van der Waals surface area (Å²) in [4.78, 5) is 6.45. The maximum Gasteiger partial charge on any atom is 0.220 e. The third-order valence-electron chi connectivity index (χ3n) is 5.43. The van der Waals surface area contributed by atoms with Gasteiger partial charge in [-0.2, -0.15) is 5.26 Å². The molecule has 1 saturated carbocycles. The maximum atomic E-state index is 9.24. The summed E-state index contributed by atoms with van der Waals surface area (Å²) in [5.41, 5.74) is 1.78. The van der Waals surface area contributed by atoms with Crippen molar-refractivity contribution < 1.29 is 4.42 Å². The van der Waals surface area contributed by atoms with Crippen LogP contribution >= 0.6 is 0 Å². The Balaban J connectivity index is 1.44. The van der Waals surface area contributed by atoms with Crippen molar-refractivity contribution in [3.8, 4) is 6.07 Å². The van der Waals surface area contributed by atoms with Gasteiger partial charge in [-0.3, -0.25) is 0 Å². The summed E-state index contributed by atoms with van der Waals surface area (Å²) in [6, 6.07) is 6.07. The number of nitriles is 1. The van der Waals surface area contributed by atoms with Crippen molar-refractivity contribution in [2.24, 2.45) is 5.41 Å². The first-order valence-electron chi connectivity index (χ1n) is 8.56. The second kappa shape index (κ2) is 5.59. The second-order valence-corrected chi connectivity index (χ2v) is 7.22. The molecule has 3 heterocycles. The molecular formula is C18H21N5O. The van der Waals surface area contributed by atoms with E-state index in [1.165, 1.54) is 0 Å². The first-order chi connectivity index (χ1) is 11.6. The molecule has 24 heavy (non-hydrogen) atoms. The lowest BCUT2D eigenvalue weighted by atomic mass is 9.90. The van der Waals surface area contributed by atoms with Crippen LogP contribution in [0.2, 0.25) is 0 Å². The molecule has 2 aliphatic rings. The quantitative estimate of drug-likeness (QED) is 0.863. The van der Waals surface area contributed by atoms with E-state index in [0.29, 0.717) is 17.0 Å². The van der Waals surface area contributed by atoms with Crippen LogP contribution in [0.5, 0.6) is 0 Å². The zero-order valence-corrected chi connectivity index (χ0v) is 14.1. The lowest BCUT2D eigenvalue weighted by Crippen LogP contribution is -2.35. The van der Waals surface area contributed by atoms with Gasteiger partial charge in [0.1, 0.15) is 6.07 Å². The van der Waals surface area contributed by atoms with E-state index in [2.05, 4.69) is 40.0 Å². The molecule has 1 atom stereocenters. The highest BCUT2D eigenvalue weighted by Gasteiger charge is 2.58. The van der Waals surface area contributed by atoms with Crippen LogP contribution < -0.4 is 4.90 Å². The summed E-state index contributed by atoms with van der Waals surface area (Å²) in [5.74, 6) is 2.23. The molecule has 0 N–H and O–H groups in total. The molecule has 0 aromatic carbocycles. The molecule has 0 amide bonds. The van der Waals surface area contributed by atoms with Crippen molar-refractivity contribution in [2.45, 2.75) is 44.9 Å². The topological polar surface area (TPSA) is 78.8 Å². The van der Waals surface area contributed by atoms with Crippen molar-refractivity contribution >= 4 is 5.69 Å². The van der Waals surface area contributed by atoms with Crippen LogP contribution in [-0.2, 0) is 0 Å². The molecule has 0 radical (unpaired) electrons. The first kappa shape index (κ1) is 15.1. The van der Waals surface area contributed by atoms with E-state index in [1.807, 2.05) is 12.1 Å². The zero-order chi connectivity index (χ0) is 16.7. The normalized spacial score (nSPS) is 21.9. The summed E-state index contributed by atoms with van der Waals surface area (Å²) in [5, 5.41) is 17.7. The van der Waals surface area contributed by atoms with Gasteiger partial charge in [0.2, 0.25) is 11.8 Å². The Morgan fingerprint density at radius 3 is 2.79 bits per heavy atom. The van der Waals surface area contributed by atoms with Gasteiger partial charge in [0, 0.05) is 31.1 Å². The summed E-state index contributed by atoms with van der Waals surface area (Å²) in [6.45, 7) is 6.03.